The molecule has 0 amide bonds. The summed E-state index contributed by atoms with van der Waals surface area (Å²) in [5.74, 6) is 0.885. The Kier molecular flexibility index (Phi) is 6.14. The summed E-state index contributed by atoms with van der Waals surface area (Å²) in [6.07, 6.45) is 4.62. The Morgan fingerprint density at radius 2 is 1.93 bits per heavy atom. The highest BCUT2D eigenvalue weighted by atomic mass is 15.5. The zero-order valence-electron chi connectivity index (χ0n) is 16.7. The number of tetrazole rings is 1. The average molecular weight is 366 g/mol. The third kappa shape index (κ3) is 4.56. The van der Waals surface area contributed by atoms with Crippen LogP contribution in [0.15, 0.2) is 54.9 Å². The van der Waals surface area contributed by atoms with Gasteiger partial charge in [0, 0.05) is 46.5 Å². The van der Waals surface area contributed by atoms with E-state index >= 15 is 0 Å². The number of rotatable bonds is 6. The lowest BCUT2D eigenvalue weighted by molar-refractivity contribution is 0.187. The molecule has 2 aromatic heterocycles. The Balaban J connectivity index is 0.00000109. The SMILES string of the molecule is [2H]C.c1ccc(CCn2nnnc2C(c2cccnc2)N2CCNCC2)cc1. The van der Waals surface area contributed by atoms with E-state index in [-0.39, 0.29) is 6.04 Å². The Hall–Kier alpha value is -2.64. The summed E-state index contributed by atoms with van der Waals surface area (Å²) in [6.45, 7) is 4.64. The van der Waals surface area contributed by atoms with Crippen LogP contribution in [0.1, 0.15) is 31.8 Å². The Morgan fingerprint density at radius 1 is 1.11 bits per heavy atom. The molecule has 0 saturated carbocycles. The van der Waals surface area contributed by atoms with E-state index in [1.165, 1.54) is 13.0 Å². The number of pyridine rings is 1. The highest BCUT2D eigenvalue weighted by molar-refractivity contribution is 5.22. The molecule has 27 heavy (non-hydrogen) atoms. The Bertz CT molecular complexity index is 804. The van der Waals surface area contributed by atoms with Gasteiger partial charge in [-0.25, -0.2) is 4.68 Å². The highest BCUT2D eigenvalue weighted by Crippen LogP contribution is 2.26. The molecule has 0 spiro atoms. The molecular formula is C20H27N7. The fraction of sp³-hybridized carbons (Fsp3) is 0.400. The third-order valence-corrected chi connectivity index (χ3v) is 4.78. The highest BCUT2D eigenvalue weighted by Gasteiger charge is 2.28. The maximum atomic E-state index is 5.75. The normalized spacial score (nSPS) is 16.1. The van der Waals surface area contributed by atoms with E-state index in [2.05, 4.69) is 61.1 Å². The van der Waals surface area contributed by atoms with Crippen LogP contribution < -0.4 is 5.32 Å². The van der Waals surface area contributed by atoms with Gasteiger partial charge in [0.1, 0.15) is 0 Å². The molecule has 1 aromatic carbocycles. The number of piperazine rings is 1. The minimum Gasteiger partial charge on any atom is -0.314 e. The summed E-state index contributed by atoms with van der Waals surface area (Å²) in [4.78, 5) is 6.74. The number of aryl methyl sites for hydroxylation is 2. The van der Waals surface area contributed by atoms with Crippen LogP contribution in [-0.2, 0) is 13.0 Å². The van der Waals surface area contributed by atoms with Crippen molar-refractivity contribution in [1.82, 2.24) is 35.4 Å². The van der Waals surface area contributed by atoms with Gasteiger partial charge in [0.15, 0.2) is 5.82 Å². The molecule has 1 N–H and O–H groups in total. The van der Waals surface area contributed by atoms with E-state index in [4.69, 9.17) is 1.37 Å². The maximum absolute atomic E-state index is 5.75. The molecule has 1 aliphatic heterocycles. The van der Waals surface area contributed by atoms with Crippen LogP contribution in [0.5, 0.6) is 0 Å². The molecule has 7 nitrogen and oxygen atoms in total. The summed E-state index contributed by atoms with van der Waals surface area (Å²) >= 11 is 0. The van der Waals surface area contributed by atoms with E-state index in [0.717, 1.165) is 50.5 Å². The Labute approximate surface area is 161 Å². The van der Waals surface area contributed by atoms with Crippen molar-refractivity contribution < 1.29 is 1.37 Å². The number of benzene rings is 1. The van der Waals surface area contributed by atoms with Crippen molar-refractivity contribution in [3.05, 3.63) is 71.8 Å². The quantitative estimate of drug-likeness (QED) is 0.719. The molecule has 3 heterocycles. The summed E-state index contributed by atoms with van der Waals surface area (Å²) < 4.78 is 7.69. The monoisotopic (exact) mass is 366 g/mol. The standard InChI is InChI=1S/C19H23N7.CH4/c1-2-5-16(6-3-1)8-12-26-19(22-23-24-26)18(17-7-4-9-21-15-17)25-13-10-20-11-14-25;/h1-7,9,15,18,20H,8,10-14H2;1H4/i;1D. The van der Waals surface area contributed by atoms with Gasteiger partial charge in [0.25, 0.3) is 0 Å². The first kappa shape index (κ1) is 17.8. The van der Waals surface area contributed by atoms with Crippen molar-refractivity contribution in [2.24, 2.45) is 0 Å². The second-order valence-electron chi connectivity index (χ2n) is 6.47. The van der Waals surface area contributed by atoms with Gasteiger partial charge in [0.2, 0.25) is 0 Å². The van der Waals surface area contributed by atoms with Crippen molar-refractivity contribution in [3.63, 3.8) is 0 Å². The fourth-order valence-corrected chi connectivity index (χ4v) is 3.45. The summed E-state index contributed by atoms with van der Waals surface area (Å²) in [6, 6.07) is 14.5. The lowest BCUT2D eigenvalue weighted by atomic mass is 10.1. The summed E-state index contributed by atoms with van der Waals surface area (Å²) in [7, 11) is 1.25. The second kappa shape index (κ2) is 9.34. The number of nitrogens with zero attached hydrogens (tertiary/aromatic N) is 6. The van der Waals surface area contributed by atoms with Gasteiger partial charge in [-0.15, -0.1) is 5.10 Å². The van der Waals surface area contributed by atoms with Gasteiger partial charge in [-0.2, -0.15) is 0 Å². The number of aromatic nitrogens is 5. The lowest BCUT2D eigenvalue weighted by Crippen LogP contribution is -2.46. The van der Waals surface area contributed by atoms with Gasteiger partial charge in [0.05, 0.1) is 6.04 Å². The zero-order chi connectivity index (χ0) is 19.6. The molecule has 7 heteroatoms. The van der Waals surface area contributed by atoms with Crippen LogP contribution in [0.3, 0.4) is 0 Å². The molecule has 3 aromatic rings. The molecule has 1 aliphatic rings. The molecule has 4 rings (SSSR count). The van der Waals surface area contributed by atoms with Crippen LogP contribution in [0, 0.1) is 0 Å². The predicted octanol–water partition coefficient (Wildman–Crippen LogP) is 1.94. The summed E-state index contributed by atoms with van der Waals surface area (Å²) in [5, 5.41) is 16.0. The molecule has 0 bridgehead atoms. The van der Waals surface area contributed by atoms with Crippen LogP contribution >= 0.6 is 0 Å². The molecule has 1 unspecified atom stereocenters. The first-order chi connectivity index (χ1) is 13.9. The number of hydrogen-bond acceptors (Lipinski definition) is 6. The van der Waals surface area contributed by atoms with E-state index < -0.39 is 0 Å². The first-order valence-corrected chi connectivity index (χ1v) is 9.06. The number of nitrogens with one attached hydrogen (secondary N) is 1. The van der Waals surface area contributed by atoms with Gasteiger partial charge in [-0.05, 0) is 34.0 Å². The third-order valence-electron chi connectivity index (χ3n) is 4.78. The van der Waals surface area contributed by atoms with Gasteiger partial charge >= 0.3 is 0 Å². The van der Waals surface area contributed by atoms with Crippen molar-refractivity contribution in [3.8, 4) is 0 Å². The predicted molar refractivity (Wildman–Crippen MR) is 105 cm³/mol. The van der Waals surface area contributed by atoms with Crippen LogP contribution in [-0.4, -0.2) is 56.3 Å². The average Bonchev–Trinajstić information content (AvgIpc) is 3.24. The van der Waals surface area contributed by atoms with Crippen molar-refractivity contribution in [2.45, 2.75) is 26.4 Å². The van der Waals surface area contributed by atoms with Crippen LogP contribution in [0.4, 0.5) is 0 Å². The lowest BCUT2D eigenvalue weighted by Gasteiger charge is -2.34. The van der Waals surface area contributed by atoms with Gasteiger partial charge < -0.3 is 5.32 Å². The first-order valence-electron chi connectivity index (χ1n) is 10.1. The van der Waals surface area contributed by atoms with Crippen molar-refractivity contribution >= 4 is 0 Å². The molecule has 142 valence electrons. The van der Waals surface area contributed by atoms with E-state index in [9.17, 15) is 0 Å². The van der Waals surface area contributed by atoms with E-state index in [1.807, 2.05) is 23.0 Å². The molecule has 1 fully saturated rings. The fourth-order valence-electron chi connectivity index (χ4n) is 3.45. The molecule has 1 atom stereocenters. The van der Waals surface area contributed by atoms with Gasteiger partial charge in [-0.3, -0.25) is 9.88 Å². The van der Waals surface area contributed by atoms with E-state index in [0.29, 0.717) is 0 Å². The molecular weight excluding hydrogens is 338 g/mol. The number of hydrogen-bond donors (Lipinski definition) is 1. The van der Waals surface area contributed by atoms with E-state index in [1.54, 1.807) is 6.20 Å². The molecule has 0 radical (unpaired) electrons. The zero-order valence-corrected chi connectivity index (χ0v) is 15.7. The van der Waals surface area contributed by atoms with Crippen molar-refractivity contribution in [1.29, 1.82) is 0 Å². The minimum atomic E-state index is 0.0246. The van der Waals surface area contributed by atoms with Crippen LogP contribution in [0.2, 0.25) is 0 Å². The van der Waals surface area contributed by atoms with Crippen molar-refractivity contribution in [2.75, 3.05) is 26.2 Å². The Morgan fingerprint density at radius 3 is 2.67 bits per heavy atom. The maximum Gasteiger partial charge on any atom is 0.173 e. The van der Waals surface area contributed by atoms with Crippen LogP contribution in [0.25, 0.3) is 0 Å². The van der Waals surface area contributed by atoms with Gasteiger partial charge in [-0.1, -0.05) is 43.8 Å². The summed E-state index contributed by atoms with van der Waals surface area (Å²) in [5.41, 5.74) is 2.42. The smallest absolute Gasteiger partial charge is 0.173 e. The molecule has 0 aliphatic carbocycles. The second-order valence-corrected chi connectivity index (χ2v) is 6.47. The topological polar surface area (TPSA) is 71.8 Å². The minimum absolute atomic E-state index is 0.0246. The largest absolute Gasteiger partial charge is 0.314 e. The molecule has 1 saturated heterocycles.